The third-order valence-corrected chi connectivity index (χ3v) is 8.97. The number of quaternary nitrogens is 1. The van der Waals surface area contributed by atoms with Crippen LogP contribution < -0.4 is 21.3 Å². The molecule has 4 amide bonds. The van der Waals surface area contributed by atoms with E-state index in [9.17, 15) is 29.2 Å². The minimum absolute atomic E-state index is 0.0153. The fraction of sp³-hybridized carbons (Fsp3) is 0.525. The van der Waals surface area contributed by atoms with Gasteiger partial charge in [0.25, 0.3) is 5.91 Å². The highest BCUT2D eigenvalue weighted by atomic mass is 16.6. The molecule has 3 rings (SSSR count). The molecule has 1 fully saturated rings. The molecule has 0 unspecified atom stereocenters. The van der Waals surface area contributed by atoms with E-state index < -0.39 is 52.4 Å². The van der Waals surface area contributed by atoms with Crippen molar-refractivity contribution in [2.24, 2.45) is 11.8 Å². The van der Waals surface area contributed by atoms with Crippen LogP contribution in [0.15, 0.2) is 72.8 Å². The molecule has 0 aliphatic carbocycles. The first kappa shape index (κ1) is 42.0. The summed E-state index contributed by atoms with van der Waals surface area (Å²) in [5, 5.41) is 22.3. The van der Waals surface area contributed by atoms with Gasteiger partial charge in [-0.25, -0.2) is 5.21 Å². The molecule has 1 heterocycles. The Morgan fingerprint density at radius 1 is 0.712 bits per heavy atom. The molecule has 2 aromatic carbocycles. The van der Waals surface area contributed by atoms with Gasteiger partial charge < -0.3 is 26.0 Å². The monoisotopic (exact) mass is 720 g/mol. The maximum Gasteiger partial charge on any atom is 0.278 e. The molecular formula is C40H58N5O7+. The summed E-state index contributed by atoms with van der Waals surface area (Å²) in [6, 6.07) is 14.9. The molecule has 0 aromatic heterocycles. The summed E-state index contributed by atoms with van der Waals surface area (Å²) < 4.78 is 4.84. The number of hydrogen-bond acceptors (Lipinski definition) is 7. The van der Waals surface area contributed by atoms with Gasteiger partial charge in [0.1, 0.15) is 31.2 Å². The van der Waals surface area contributed by atoms with E-state index in [1.54, 1.807) is 6.92 Å². The number of amides is 4. The summed E-state index contributed by atoms with van der Waals surface area (Å²) in [6.45, 7) is 14.0. The van der Waals surface area contributed by atoms with Crippen LogP contribution in [0.3, 0.4) is 0 Å². The number of nitrogens with one attached hydrogen (secondary N) is 4. The second-order valence-corrected chi connectivity index (χ2v) is 14.7. The fourth-order valence-electron chi connectivity index (χ4n) is 6.15. The van der Waals surface area contributed by atoms with E-state index in [0.717, 1.165) is 11.1 Å². The number of ketones is 1. The number of hydrogen-bond donors (Lipinski definition) is 5. The highest BCUT2D eigenvalue weighted by molar-refractivity contribution is 6.01. The van der Waals surface area contributed by atoms with E-state index in [4.69, 9.17) is 4.74 Å². The Bertz CT molecular complexity index is 1490. The normalized spacial score (nSPS) is 16.2. The molecule has 0 radical (unpaired) electrons. The van der Waals surface area contributed by atoms with Gasteiger partial charge in [0.05, 0.1) is 19.3 Å². The van der Waals surface area contributed by atoms with E-state index in [1.165, 1.54) is 0 Å². The van der Waals surface area contributed by atoms with Gasteiger partial charge in [-0.1, -0.05) is 94.9 Å². The van der Waals surface area contributed by atoms with E-state index in [1.807, 2.05) is 88.4 Å². The summed E-state index contributed by atoms with van der Waals surface area (Å²) in [5.41, 5.74) is 2.09. The Balaban J connectivity index is 1.83. The summed E-state index contributed by atoms with van der Waals surface area (Å²) in [6.07, 6.45) is 1.54. The highest BCUT2D eigenvalue weighted by Gasteiger charge is 2.35. The number of carbonyl (C=O) groups excluding carboxylic acids is 5. The number of rotatable bonds is 20. The van der Waals surface area contributed by atoms with Crippen molar-refractivity contribution in [2.45, 2.75) is 90.9 Å². The molecule has 2 aromatic rings. The molecule has 1 saturated heterocycles. The van der Waals surface area contributed by atoms with Crippen LogP contribution in [-0.4, -0.2) is 96.3 Å². The molecule has 0 spiro atoms. The average molecular weight is 721 g/mol. The lowest BCUT2D eigenvalue weighted by Crippen LogP contribution is -2.60. The first-order chi connectivity index (χ1) is 24.7. The lowest BCUT2D eigenvalue weighted by Gasteiger charge is -2.33. The average Bonchev–Trinajstić information content (AvgIpc) is 3.09. The molecule has 1 aliphatic heterocycles. The van der Waals surface area contributed by atoms with Gasteiger partial charge >= 0.3 is 0 Å². The molecule has 12 heteroatoms. The van der Waals surface area contributed by atoms with Gasteiger partial charge in [0.15, 0.2) is 12.3 Å². The Morgan fingerprint density at radius 2 is 1.19 bits per heavy atom. The van der Waals surface area contributed by atoms with Crippen LogP contribution in [0.1, 0.15) is 65.0 Å². The van der Waals surface area contributed by atoms with Crippen LogP contribution in [-0.2, 0) is 41.6 Å². The summed E-state index contributed by atoms with van der Waals surface area (Å²) in [7, 11) is 0. The van der Waals surface area contributed by atoms with Crippen molar-refractivity contribution in [1.82, 2.24) is 21.3 Å². The van der Waals surface area contributed by atoms with Gasteiger partial charge in [0.2, 0.25) is 17.7 Å². The van der Waals surface area contributed by atoms with Crippen molar-refractivity contribution in [2.75, 3.05) is 32.8 Å². The van der Waals surface area contributed by atoms with Crippen LogP contribution in [0.5, 0.6) is 0 Å². The van der Waals surface area contributed by atoms with Crippen LogP contribution >= 0.6 is 0 Å². The number of nitrogens with zero attached hydrogens (tertiary/aromatic N) is 1. The van der Waals surface area contributed by atoms with Crippen molar-refractivity contribution >= 4 is 29.4 Å². The predicted molar refractivity (Wildman–Crippen MR) is 199 cm³/mol. The third kappa shape index (κ3) is 14.3. The molecule has 4 atom stereocenters. The SMILES string of the molecule is C=C(C)C(=O)[C@H](CC(C)C)NC(=O)[C@H](Cc1ccccc1)NC(=O)[C@H](CC(C)C)NC(=O)[C@H](CCc1ccccc1)NC(=O)C[N+]1(O)CCOCC1. The van der Waals surface area contributed by atoms with E-state index >= 15 is 0 Å². The van der Waals surface area contributed by atoms with Gasteiger partial charge in [-0.3, -0.25) is 24.0 Å². The van der Waals surface area contributed by atoms with E-state index in [2.05, 4.69) is 27.8 Å². The number of benzene rings is 2. The molecular weight excluding hydrogens is 662 g/mol. The summed E-state index contributed by atoms with van der Waals surface area (Å²) in [4.78, 5) is 68.0. The lowest BCUT2D eigenvalue weighted by molar-refractivity contribution is -1.10. The first-order valence-electron chi connectivity index (χ1n) is 18.3. The number of ether oxygens (including phenoxy) is 1. The van der Waals surface area contributed by atoms with Crippen molar-refractivity contribution in [3.05, 3.63) is 83.9 Å². The standard InChI is InChI=1S/C40H57N5O7/c1-27(2)23-33(37(47)29(5)6)42-40(50)35(25-31-15-11-8-12-16-31)44-39(49)34(24-28(3)4)43-38(48)32(18-17-30-13-9-7-10-14-30)41-36(46)26-45(51)19-21-52-22-20-45/h7-16,27-28,32-35,51H,5,17-26H2,1-4,6H3,(H3-,41,42,43,44,46,48,49,50)/p+1/t32-,33-,34-,35-/m0/s1. The van der Waals surface area contributed by atoms with E-state index in [0.29, 0.717) is 31.6 Å². The predicted octanol–water partition coefficient (Wildman–Crippen LogP) is 3.27. The van der Waals surface area contributed by atoms with Crippen molar-refractivity contribution in [3.8, 4) is 0 Å². The maximum atomic E-state index is 14.0. The Kier molecular flexibility index (Phi) is 16.6. The second kappa shape index (κ2) is 20.6. The number of Topliss-reactive ketones (excluding diaryl/α,β-unsaturated/α-hetero) is 1. The first-order valence-corrected chi connectivity index (χ1v) is 18.3. The van der Waals surface area contributed by atoms with Crippen LogP contribution in [0.4, 0.5) is 0 Å². The zero-order valence-electron chi connectivity index (χ0n) is 31.4. The van der Waals surface area contributed by atoms with Gasteiger partial charge in [0, 0.05) is 6.42 Å². The van der Waals surface area contributed by atoms with Crippen LogP contribution in [0, 0.1) is 11.8 Å². The molecule has 0 bridgehead atoms. The van der Waals surface area contributed by atoms with Gasteiger partial charge in [-0.2, -0.15) is 4.65 Å². The zero-order valence-corrected chi connectivity index (χ0v) is 31.4. The van der Waals surface area contributed by atoms with E-state index in [-0.39, 0.29) is 56.5 Å². The number of hydroxylamine groups is 3. The fourth-order valence-corrected chi connectivity index (χ4v) is 6.15. The van der Waals surface area contributed by atoms with Crippen molar-refractivity contribution < 1.29 is 38.6 Å². The molecule has 5 N–H and O–H groups in total. The lowest BCUT2D eigenvalue weighted by atomic mass is 9.96. The van der Waals surface area contributed by atoms with Crippen molar-refractivity contribution in [3.63, 3.8) is 0 Å². The maximum absolute atomic E-state index is 14.0. The van der Waals surface area contributed by atoms with Crippen molar-refractivity contribution in [1.29, 1.82) is 0 Å². The van der Waals surface area contributed by atoms with Gasteiger partial charge in [-0.05, 0) is 61.1 Å². The second-order valence-electron chi connectivity index (χ2n) is 14.7. The molecule has 1 aliphatic rings. The molecule has 0 saturated carbocycles. The summed E-state index contributed by atoms with van der Waals surface area (Å²) in [5.74, 6) is -2.32. The summed E-state index contributed by atoms with van der Waals surface area (Å²) >= 11 is 0. The largest absolute Gasteiger partial charge is 0.370 e. The smallest absolute Gasteiger partial charge is 0.278 e. The quantitative estimate of drug-likeness (QED) is 0.104. The minimum Gasteiger partial charge on any atom is -0.370 e. The molecule has 284 valence electrons. The number of aryl methyl sites for hydroxylation is 1. The third-order valence-electron chi connectivity index (χ3n) is 8.97. The molecule has 52 heavy (non-hydrogen) atoms. The Hall–Kier alpha value is -4.39. The highest BCUT2D eigenvalue weighted by Crippen LogP contribution is 2.14. The zero-order chi connectivity index (χ0) is 38.3. The number of carbonyl (C=O) groups is 5. The Labute approximate surface area is 308 Å². The van der Waals surface area contributed by atoms with Crippen LogP contribution in [0.25, 0.3) is 0 Å². The molecule has 12 nitrogen and oxygen atoms in total. The number of morpholine rings is 1. The minimum atomic E-state index is -1.05. The topological polar surface area (TPSA) is 163 Å². The Morgan fingerprint density at radius 3 is 1.75 bits per heavy atom. The van der Waals surface area contributed by atoms with Gasteiger partial charge in [-0.15, -0.1) is 0 Å². The van der Waals surface area contributed by atoms with Crippen LogP contribution in [0.2, 0.25) is 0 Å².